The third-order valence-corrected chi connectivity index (χ3v) is 7.94. The fraction of sp³-hybridized carbons (Fsp3) is 0.483. The van der Waals surface area contributed by atoms with E-state index in [1.807, 2.05) is 6.20 Å². The Balaban J connectivity index is 1.23. The van der Waals surface area contributed by atoms with Crippen LogP contribution in [0.5, 0.6) is 0 Å². The molecule has 3 aliphatic rings. The first-order valence-corrected chi connectivity index (χ1v) is 13.8. The van der Waals surface area contributed by atoms with E-state index in [1.165, 1.54) is 37.8 Å². The third kappa shape index (κ3) is 5.64. The van der Waals surface area contributed by atoms with E-state index in [-0.39, 0.29) is 6.04 Å². The zero-order valence-electron chi connectivity index (χ0n) is 21.8. The first kappa shape index (κ1) is 24.0. The van der Waals surface area contributed by atoms with Crippen LogP contribution < -0.4 is 15.5 Å². The molecule has 1 saturated heterocycles. The summed E-state index contributed by atoms with van der Waals surface area (Å²) in [5, 5.41) is 7.08. The summed E-state index contributed by atoms with van der Waals surface area (Å²) in [6.07, 6.45) is 18.0. The number of likely N-dealkylation sites (N-methyl/N-ethyl adjacent to an activating group) is 1. The average molecular weight is 499 g/mol. The quantitative estimate of drug-likeness (QED) is 0.464. The molecule has 6 rings (SSSR count). The van der Waals surface area contributed by atoms with Crippen molar-refractivity contribution in [3.63, 3.8) is 0 Å². The van der Waals surface area contributed by atoms with Gasteiger partial charge in [-0.2, -0.15) is 4.98 Å². The number of aromatic nitrogens is 4. The summed E-state index contributed by atoms with van der Waals surface area (Å²) in [7, 11) is 2.19. The molecule has 2 aliphatic carbocycles. The molecule has 2 fully saturated rings. The van der Waals surface area contributed by atoms with E-state index in [9.17, 15) is 0 Å². The number of rotatable bonds is 7. The van der Waals surface area contributed by atoms with Crippen LogP contribution in [0.15, 0.2) is 54.8 Å². The standard InChI is InChI=1S/C29H38N8/c1-35-16-18-36(19-17-35)25-14-12-24(13-15-25)31-28-30-20-26-27(34-28)37(21-22-8-4-2-5-9-22)29(33-26)32-23-10-6-3-7-11-23/h3,6-7,10,12-15,20,22-23H,2,4-5,8-9,11,16-19,21H2,1H3,(H,32,33)(H,30,31,34). The molecule has 3 aromatic rings. The fourth-order valence-electron chi connectivity index (χ4n) is 5.69. The summed E-state index contributed by atoms with van der Waals surface area (Å²) >= 11 is 0. The van der Waals surface area contributed by atoms with Gasteiger partial charge in [-0.15, -0.1) is 0 Å². The Kier molecular flexibility index (Phi) is 7.08. The van der Waals surface area contributed by atoms with Crippen LogP contribution in [-0.2, 0) is 6.54 Å². The second-order valence-electron chi connectivity index (χ2n) is 10.7. The van der Waals surface area contributed by atoms with Crippen LogP contribution in [0.25, 0.3) is 11.2 Å². The van der Waals surface area contributed by atoms with Crippen molar-refractivity contribution in [2.24, 2.45) is 5.92 Å². The monoisotopic (exact) mass is 498 g/mol. The Hall–Kier alpha value is -3.39. The molecule has 1 saturated carbocycles. The lowest BCUT2D eigenvalue weighted by atomic mass is 9.89. The molecule has 0 radical (unpaired) electrons. The largest absolute Gasteiger partial charge is 0.369 e. The van der Waals surface area contributed by atoms with Gasteiger partial charge in [0.1, 0.15) is 5.52 Å². The number of hydrogen-bond donors (Lipinski definition) is 2. The number of hydrogen-bond acceptors (Lipinski definition) is 7. The molecule has 1 aliphatic heterocycles. The zero-order chi connectivity index (χ0) is 25.0. The minimum absolute atomic E-state index is 0.247. The molecule has 37 heavy (non-hydrogen) atoms. The Morgan fingerprint density at radius 3 is 2.51 bits per heavy atom. The number of piperazine rings is 1. The minimum Gasteiger partial charge on any atom is -0.369 e. The van der Waals surface area contributed by atoms with Gasteiger partial charge in [0.2, 0.25) is 11.9 Å². The highest BCUT2D eigenvalue weighted by Crippen LogP contribution is 2.29. The molecule has 2 N–H and O–H groups in total. The van der Waals surface area contributed by atoms with Crippen LogP contribution in [0.3, 0.4) is 0 Å². The van der Waals surface area contributed by atoms with Gasteiger partial charge in [-0.05, 0) is 56.5 Å². The van der Waals surface area contributed by atoms with Crippen molar-refractivity contribution in [3.8, 4) is 0 Å². The maximum absolute atomic E-state index is 4.96. The Morgan fingerprint density at radius 1 is 0.946 bits per heavy atom. The number of anilines is 4. The van der Waals surface area contributed by atoms with Crippen molar-refractivity contribution in [2.45, 2.75) is 51.1 Å². The van der Waals surface area contributed by atoms with Crippen molar-refractivity contribution < 1.29 is 0 Å². The molecular weight excluding hydrogens is 460 g/mol. The summed E-state index contributed by atoms with van der Waals surface area (Å²) < 4.78 is 2.29. The van der Waals surface area contributed by atoms with Gasteiger partial charge in [-0.3, -0.25) is 4.57 Å². The second kappa shape index (κ2) is 10.9. The number of nitrogens with one attached hydrogen (secondary N) is 2. The molecule has 8 nitrogen and oxygen atoms in total. The zero-order valence-corrected chi connectivity index (χ0v) is 21.8. The van der Waals surface area contributed by atoms with Crippen LogP contribution >= 0.6 is 0 Å². The summed E-state index contributed by atoms with van der Waals surface area (Å²) in [4.78, 5) is 19.3. The SMILES string of the molecule is CN1CCN(c2ccc(Nc3ncc4nc(NC5C=CC=CC5)n(CC5CCCCC5)c4n3)cc2)CC1. The van der Waals surface area contributed by atoms with Crippen LogP contribution in [0.2, 0.25) is 0 Å². The van der Waals surface area contributed by atoms with Crippen molar-refractivity contribution in [1.82, 2.24) is 24.4 Å². The lowest BCUT2D eigenvalue weighted by Crippen LogP contribution is -2.44. The third-order valence-electron chi connectivity index (χ3n) is 7.94. The van der Waals surface area contributed by atoms with Gasteiger partial charge < -0.3 is 20.4 Å². The van der Waals surface area contributed by atoms with Gasteiger partial charge in [0.25, 0.3) is 0 Å². The number of nitrogens with zero attached hydrogens (tertiary/aromatic N) is 6. The summed E-state index contributed by atoms with van der Waals surface area (Å²) in [5.41, 5.74) is 4.00. The Labute approximate surface area is 219 Å². The molecule has 8 heteroatoms. The Morgan fingerprint density at radius 2 is 1.76 bits per heavy atom. The van der Waals surface area contributed by atoms with E-state index in [0.29, 0.717) is 11.9 Å². The van der Waals surface area contributed by atoms with Crippen molar-refractivity contribution in [2.75, 3.05) is 48.8 Å². The molecule has 3 heterocycles. The van der Waals surface area contributed by atoms with E-state index < -0.39 is 0 Å². The predicted octanol–water partition coefficient (Wildman–Crippen LogP) is 5.20. The molecule has 1 unspecified atom stereocenters. The first-order chi connectivity index (χ1) is 18.2. The van der Waals surface area contributed by atoms with Crippen molar-refractivity contribution in [1.29, 1.82) is 0 Å². The highest BCUT2D eigenvalue weighted by Gasteiger charge is 2.21. The fourth-order valence-corrected chi connectivity index (χ4v) is 5.69. The van der Waals surface area contributed by atoms with Gasteiger partial charge in [-0.25, -0.2) is 9.97 Å². The maximum Gasteiger partial charge on any atom is 0.229 e. The molecule has 2 aromatic heterocycles. The first-order valence-electron chi connectivity index (χ1n) is 13.8. The molecule has 194 valence electrons. The highest BCUT2D eigenvalue weighted by molar-refractivity contribution is 5.76. The normalized spacial score (nSPS) is 21.0. The summed E-state index contributed by atoms with van der Waals surface area (Å²) in [5.74, 6) is 2.17. The van der Waals surface area contributed by atoms with E-state index in [4.69, 9.17) is 9.97 Å². The number of fused-ring (bicyclic) bond motifs is 1. The maximum atomic E-state index is 4.96. The van der Waals surface area contributed by atoms with E-state index in [1.54, 1.807) is 0 Å². The lowest BCUT2D eigenvalue weighted by molar-refractivity contribution is 0.313. The van der Waals surface area contributed by atoms with E-state index in [2.05, 4.69) is 85.6 Å². The van der Waals surface area contributed by atoms with Gasteiger partial charge in [0.05, 0.1) is 12.2 Å². The van der Waals surface area contributed by atoms with Crippen LogP contribution in [-0.4, -0.2) is 63.7 Å². The lowest BCUT2D eigenvalue weighted by Gasteiger charge is -2.34. The molecule has 1 atom stereocenters. The van der Waals surface area contributed by atoms with Crippen molar-refractivity contribution >= 4 is 34.4 Å². The second-order valence-corrected chi connectivity index (χ2v) is 10.7. The van der Waals surface area contributed by atoms with Crippen LogP contribution in [0.1, 0.15) is 38.5 Å². The van der Waals surface area contributed by atoms with Gasteiger partial charge >= 0.3 is 0 Å². The number of imidazole rings is 1. The highest BCUT2D eigenvalue weighted by atomic mass is 15.3. The van der Waals surface area contributed by atoms with Gasteiger partial charge in [0.15, 0.2) is 5.65 Å². The summed E-state index contributed by atoms with van der Waals surface area (Å²) in [6.45, 7) is 5.29. The van der Waals surface area contributed by atoms with E-state index in [0.717, 1.165) is 61.9 Å². The van der Waals surface area contributed by atoms with Gasteiger partial charge in [0, 0.05) is 44.1 Å². The van der Waals surface area contributed by atoms with Gasteiger partial charge in [-0.1, -0.05) is 43.6 Å². The molecule has 0 bridgehead atoms. The minimum atomic E-state index is 0.247. The smallest absolute Gasteiger partial charge is 0.229 e. The molecule has 1 aromatic carbocycles. The van der Waals surface area contributed by atoms with Crippen molar-refractivity contribution in [3.05, 3.63) is 54.8 Å². The predicted molar refractivity (Wildman–Crippen MR) is 152 cm³/mol. The van der Waals surface area contributed by atoms with Crippen LogP contribution in [0, 0.1) is 5.92 Å². The van der Waals surface area contributed by atoms with E-state index >= 15 is 0 Å². The average Bonchev–Trinajstić information content (AvgIpc) is 3.26. The molecular formula is C29H38N8. The van der Waals surface area contributed by atoms with Crippen LogP contribution in [0.4, 0.5) is 23.3 Å². The number of benzene rings is 1. The molecule has 0 amide bonds. The topological polar surface area (TPSA) is 74.1 Å². The number of allylic oxidation sites excluding steroid dienone is 2. The Bertz CT molecular complexity index is 1250. The molecule has 0 spiro atoms. The summed E-state index contributed by atoms with van der Waals surface area (Å²) in [6, 6.07) is 8.87.